The van der Waals surface area contributed by atoms with Gasteiger partial charge in [-0.15, -0.1) is 0 Å². The summed E-state index contributed by atoms with van der Waals surface area (Å²) in [6.07, 6.45) is 4.27. The van der Waals surface area contributed by atoms with E-state index in [-0.39, 0.29) is 18.2 Å². The van der Waals surface area contributed by atoms with Crippen LogP contribution in [0.4, 0.5) is 8.78 Å². The lowest BCUT2D eigenvalue weighted by molar-refractivity contribution is 0.129. The highest BCUT2D eigenvalue weighted by Gasteiger charge is 2.30. The van der Waals surface area contributed by atoms with E-state index in [1.165, 1.54) is 4.31 Å². The number of piperidine rings is 1. The van der Waals surface area contributed by atoms with Crippen LogP contribution in [-0.4, -0.2) is 36.9 Å². The van der Waals surface area contributed by atoms with Crippen LogP contribution in [0.25, 0.3) is 0 Å². The van der Waals surface area contributed by atoms with Gasteiger partial charge in [0.15, 0.2) is 0 Å². The molecule has 1 aromatic heterocycles. The molecule has 0 bridgehead atoms. The molecule has 1 saturated heterocycles. The fourth-order valence-corrected chi connectivity index (χ4v) is 4.40. The van der Waals surface area contributed by atoms with Crippen molar-refractivity contribution < 1.29 is 21.9 Å². The topological polar surface area (TPSA) is 59.5 Å². The molecule has 3 rings (SSSR count). The van der Waals surface area contributed by atoms with Crippen molar-refractivity contribution in [2.45, 2.75) is 24.7 Å². The molecule has 1 aliphatic heterocycles. The first-order chi connectivity index (χ1) is 11.9. The lowest BCUT2D eigenvalue weighted by Gasteiger charge is -2.32. The predicted octanol–water partition coefficient (Wildman–Crippen LogP) is 2.73. The van der Waals surface area contributed by atoms with E-state index in [4.69, 9.17) is 4.74 Å². The molecule has 0 spiro atoms. The number of aromatic nitrogens is 1. The van der Waals surface area contributed by atoms with E-state index in [0.29, 0.717) is 18.7 Å². The lowest BCUT2D eigenvalue weighted by Crippen LogP contribution is -2.44. The second kappa shape index (κ2) is 7.45. The van der Waals surface area contributed by atoms with Crippen molar-refractivity contribution in [1.82, 2.24) is 9.29 Å². The van der Waals surface area contributed by atoms with Crippen molar-refractivity contribution in [3.8, 4) is 5.75 Å². The standard InChI is InChI=1S/C17H18F2N2O3S/c18-14-3-4-17(19)13(10-14)12-25(22,23)21-9-1-2-16(11-21)24-15-5-7-20-8-6-15/h3-8,10,16H,1-2,9,11-12H2. The molecule has 0 aliphatic carbocycles. The van der Waals surface area contributed by atoms with Crippen molar-refractivity contribution >= 4 is 10.0 Å². The van der Waals surface area contributed by atoms with Crippen LogP contribution in [-0.2, 0) is 15.8 Å². The summed E-state index contributed by atoms with van der Waals surface area (Å²) in [6.45, 7) is 0.525. The van der Waals surface area contributed by atoms with Gasteiger partial charge in [0.25, 0.3) is 0 Å². The number of hydrogen-bond acceptors (Lipinski definition) is 4. The van der Waals surface area contributed by atoms with Crippen LogP contribution < -0.4 is 4.74 Å². The highest BCUT2D eigenvalue weighted by atomic mass is 32.2. The fourth-order valence-electron chi connectivity index (χ4n) is 2.80. The van der Waals surface area contributed by atoms with Crippen LogP contribution in [0, 0.1) is 11.6 Å². The van der Waals surface area contributed by atoms with Crippen LogP contribution in [0.5, 0.6) is 5.75 Å². The highest BCUT2D eigenvalue weighted by Crippen LogP contribution is 2.22. The summed E-state index contributed by atoms with van der Waals surface area (Å²) in [5.41, 5.74) is -0.169. The Labute approximate surface area is 145 Å². The summed E-state index contributed by atoms with van der Waals surface area (Å²) in [7, 11) is -3.77. The first-order valence-corrected chi connectivity index (χ1v) is 9.53. The van der Waals surface area contributed by atoms with Gasteiger partial charge in [0, 0.05) is 24.5 Å². The number of hydrogen-bond donors (Lipinski definition) is 0. The van der Waals surface area contributed by atoms with E-state index in [1.54, 1.807) is 24.5 Å². The fraction of sp³-hybridized carbons (Fsp3) is 0.353. The maximum Gasteiger partial charge on any atom is 0.218 e. The maximum atomic E-state index is 13.8. The van der Waals surface area contributed by atoms with Crippen molar-refractivity contribution in [2.75, 3.05) is 13.1 Å². The van der Waals surface area contributed by atoms with Gasteiger partial charge in [0.2, 0.25) is 10.0 Å². The van der Waals surface area contributed by atoms with Crippen molar-refractivity contribution in [2.24, 2.45) is 0 Å². The highest BCUT2D eigenvalue weighted by molar-refractivity contribution is 7.88. The van der Waals surface area contributed by atoms with Gasteiger partial charge in [0.05, 0.1) is 12.3 Å². The van der Waals surface area contributed by atoms with E-state index in [2.05, 4.69) is 4.98 Å². The van der Waals surface area contributed by atoms with Gasteiger partial charge in [-0.1, -0.05) is 0 Å². The molecule has 2 aromatic rings. The van der Waals surface area contributed by atoms with E-state index in [0.717, 1.165) is 24.6 Å². The number of ether oxygens (including phenoxy) is 1. The Bertz CT molecular complexity index is 831. The molecular weight excluding hydrogens is 350 g/mol. The summed E-state index contributed by atoms with van der Waals surface area (Å²) >= 11 is 0. The molecule has 0 N–H and O–H groups in total. The Hall–Kier alpha value is -2.06. The SMILES string of the molecule is O=S(=O)(Cc1cc(F)ccc1F)N1CCCC(Oc2ccncc2)C1. The monoisotopic (exact) mass is 368 g/mol. The third-order valence-electron chi connectivity index (χ3n) is 4.03. The summed E-state index contributed by atoms with van der Waals surface area (Å²) in [4.78, 5) is 3.90. The summed E-state index contributed by atoms with van der Waals surface area (Å²) in [6, 6.07) is 6.23. The molecule has 25 heavy (non-hydrogen) atoms. The van der Waals surface area contributed by atoms with Gasteiger partial charge < -0.3 is 4.74 Å². The first kappa shape index (κ1) is 17.8. The second-order valence-corrected chi connectivity index (χ2v) is 7.88. The van der Waals surface area contributed by atoms with Gasteiger partial charge in [-0.05, 0) is 43.2 Å². The quantitative estimate of drug-likeness (QED) is 0.814. The van der Waals surface area contributed by atoms with E-state index in [1.807, 2.05) is 0 Å². The Morgan fingerprint density at radius 2 is 1.96 bits per heavy atom. The number of pyridine rings is 1. The van der Waals surface area contributed by atoms with E-state index < -0.39 is 27.4 Å². The van der Waals surface area contributed by atoms with Gasteiger partial charge in [-0.25, -0.2) is 17.2 Å². The van der Waals surface area contributed by atoms with Crippen LogP contribution in [0.15, 0.2) is 42.7 Å². The molecule has 0 saturated carbocycles. The minimum Gasteiger partial charge on any atom is -0.489 e. The Morgan fingerprint density at radius 1 is 1.20 bits per heavy atom. The van der Waals surface area contributed by atoms with Crippen LogP contribution in [0.3, 0.4) is 0 Å². The lowest BCUT2D eigenvalue weighted by atomic mass is 10.1. The second-order valence-electron chi connectivity index (χ2n) is 5.91. The third kappa shape index (κ3) is 4.52. The van der Waals surface area contributed by atoms with Gasteiger partial charge in [-0.3, -0.25) is 4.98 Å². The molecule has 8 heteroatoms. The zero-order valence-electron chi connectivity index (χ0n) is 13.4. The number of benzene rings is 1. The Morgan fingerprint density at radius 3 is 2.72 bits per heavy atom. The normalized spacial score (nSPS) is 18.9. The third-order valence-corrected chi connectivity index (χ3v) is 5.83. The van der Waals surface area contributed by atoms with Crippen molar-refractivity contribution in [3.05, 3.63) is 59.9 Å². The van der Waals surface area contributed by atoms with E-state index in [9.17, 15) is 17.2 Å². The molecule has 134 valence electrons. The number of nitrogens with zero attached hydrogens (tertiary/aromatic N) is 2. The minimum atomic E-state index is -3.77. The van der Waals surface area contributed by atoms with Gasteiger partial charge >= 0.3 is 0 Å². The molecule has 0 radical (unpaired) electrons. The Kier molecular flexibility index (Phi) is 5.29. The number of sulfonamides is 1. The average molecular weight is 368 g/mol. The summed E-state index contributed by atoms with van der Waals surface area (Å²) in [5.74, 6) is -1.34. The molecule has 1 aromatic carbocycles. The average Bonchev–Trinajstić information content (AvgIpc) is 2.59. The molecule has 1 aliphatic rings. The van der Waals surface area contributed by atoms with Gasteiger partial charge in [-0.2, -0.15) is 4.31 Å². The maximum absolute atomic E-state index is 13.8. The number of halogens is 2. The number of rotatable bonds is 5. The molecule has 5 nitrogen and oxygen atoms in total. The van der Waals surface area contributed by atoms with Crippen LogP contribution in [0.2, 0.25) is 0 Å². The predicted molar refractivity (Wildman–Crippen MR) is 88.4 cm³/mol. The summed E-state index contributed by atoms with van der Waals surface area (Å²) < 4.78 is 59.3. The Balaban J connectivity index is 1.70. The molecule has 0 amide bonds. The smallest absolute Gasteiger partial charge is 0.218 e. The first-order valence-electron chi connectivity index (χ1n) is 7.92. The molecule has 1 atom stereocenters. The molecule has 1 fully saturated rings. The van der Waals surface area contributed by atoms with Crippen LogP contribution in [0.1, 0.15) is 18.4 Å². The van der Waals surface area contributed by atoms with Crippen molar-refractivity contribution in [1.29, 1.82) is 0 Å². The largest absolute Gasteiger partial charge is 0.489 e. The zero-order chi connectivity index (χ0) is 17.9. The van der Waals surface area contributed by atoms with Gasteiger partial charge in [0.1, 0.15) is 23.5 Å². The summed E-state index contributed by atoms with van der Waals surface area (Å²) in [5, 5.41) is 0. The van der Waals surface area contributed by atoms with Crippen LogP contribution >= 0.6 is 0 Å². The molecule has 1 unspecified atom stereocenters. The molecule has 2 heterocycles. The van der Waals surface area contributed by atoms with Crippen molar-refractivity contribution in [3.63, 3.8) is 0 Å². The van der Waals surface area contributed by atoms with E-state index >= 15 is 0 Å². The minimum absolute atomic E-state index is 0.169. The zero-order valence-corrected chi connectivity index (χ0v) is 14.3. The molecular formula is C17H18F2N2O3S.